The van der Waals surface area contributed by atoms with Gasteiger partial charge >= 0.3 is 5.97 Å². The fourth-order valence-electron chi connectivity index (χ4n) is 2.85. The summed E-state index contributed by atoms with van der Waals surface area (Å²) < 4.78 is 6.87. The van der Waals surface area contributed by atoms with Gasteiger partial charge in [-0.05, 0) is 37.8 Å². The summed E-state index contributed by atoms with van der Waals surface area (Å²) in [5.41, 5.74) is 0.497. The standard InChI is InChI=1S/C16H21N5O2/c1-2-23-16(22)14-3-4-15(17-11-14)20-8-5-13(6-9-20)12-21-10-7-18-19-21/h3-4,7,10-11,13H,2,5-6,8-9,12H2,1H3. The zero-order chi connectivity index (χ0) is 16.1. The van der Waals surface area contributed by atoms with Crippen LogP contribution in [0.25, 0.3) is 0 Å². The highest BCUT2D eigenvalue weighted by Gasteiger charge is 2.21. The summed E-state index contributed by atoms with van der Waals surface area (Å²) in [5.74, 6) is 1.21. The molecule has 1 aliphatic rings. The van der Waals surface area contributed by atoms with E-state index in [0.717, 1.165) is 38.3 Å². The molecule has 23 heavy (non-hydrogen) atoms. The molecule has 3 heterocycles. The summed E-state index contributed by atoms with van der Waals surface area (Å²) in [5, 5.41) is 7.87. The van der Waals surface area contributed by atoms with E-state index >= 15 is 0 Å². The van der Waals surface area contributed by atoms with Crippen molar-refractivity contribution >= 4 is 11.8 Å². The molecule has 0 unspecified atom stereocenters. The molecule has 0 radical (unpaired) electrons. The third-order valence-electron chi connectivity index (χ3n) is 4.11. The summed E-state index contributed by atoms with van der Waals surface area (Å²) in [4.78, 5) is 18.3. The number of nitrogens with zero attached hydrogens (tertiary/aromatic N) is 5. The van der Waals surface area contributed by atoms with Crippen molar-refractivity contribution in [3.63, 3.8) is 0 Å². The number of carbonyl (C=O) groups excluding carboxylic acids is 1. The minimum atomic E-state index is -0.321. The van der Waals surface area contributed by atoms with E-state index < -0.39 is 0 Å². The number of anilines is 1. The van der Waals surface area contributed by atoms with E-state index in [9.17, 15) is 4.79 Å². The van der Waals surface area contributed by atoms with Gasteiger partial charge in [0.25, 0.3) is 0 Å². The molecule has 122 valence electrons. The molecule has 3 rings (SSSR count). The third kappa shape index (κ3) is 3.85. The average Bonchev–Trinajstić information content (AvgIpc) is 3.09. The molecule has 0 N–H and O–H groups in total. The zero-order valence-electron chi connectivity index (χ0n) is 13.3. The molecule has 0 aliphatic carbocycles. The Bertz CT molecular complexity index is 618. The highest BCUT2D eigenvalue weighted by Crippen LogP contribution is 2.23. The molecule has 1 aliphatic heterocycles. The van der Waals surface area contributed by atoms with Crippen LogP contribution in [0.5, 0.6) is 0 Å². The maximum Gasteiger partial charge on any atom is 0.339 e. The summed E-state index contributed by atoms with van der Waals surface area (Å²) in [6.45, 7) is 5.02. The van der Waals surface area contributed by atoms with Gasteiger partial charge in [-0.2, -0.15) is 0 Å². The van der Waals surface area contributed by atoms with E-state index in [1.807, 2.05) is 16.9 Å². The number of pyridine rings is 1. The molecule has 7 heteroatoms. The van der Waals surface area contributed by atoms with Crippen molar-refractivity contribution in [2.45, 2.75) is 26.3 Å². The first-order valence-electron chi connectivity index (χ1n) is 7.98. The van der Waals surface area contributed by atoms with Gasteiger partial charge in [0.1, 0.15) is 5.82 Å². The molecule has 1 fully saturated rings. The molecule has 1 saturated heterocycles. The summed E-state index contributed by atoms with van der Waals surface area (Å²) in [6.07, 6.45) is 7.41. The number of ether oxygens (including phenoxy) is 1. The number of hydrogen-bond donors (Lipinski definition) is 0. The summed E-state index contributed by atoms with van der Waals surface area (Å²) in [6, 6.07) is 3.67. The van der Waals surface area contributed by atoms with E-state index in [4.69, 9.17) is 4.74 Å². The lowest BCUT2D eigenvalue weighted by Gasteiger charge is -2.32. The van der Waals surface area contributed by atoms with Gasteiger partial charge in [0, 0.05) is 32.0 Å². The average molecular weight is 315 g/mol. The first-order valence-corrected chi connectivity index (χ1v) is 7.98. The Kier molecular flexibility index (Phi) is 4.85. The number of hydrogen-bond acceptors (Lipinski definition) is 6. The number of piperidine rings is 1. The van der Waals surface area contributed by atoms with Gasteiger partial charge < -0.3 is 9.64 Å². The second-order valence-corrected chi connectivity index (χ2v) is 5.68. The van der Waals surface area contributed by atoms with E-state index in [0.29, 0.717) is 18.1 Å². The summed E-state index contributed by atoms with van der Waals surface area (Å²) >= 11 is 0. The first kappa shape index (κ1) is 15.5. The van der Waals surface area contributed by atoms with Crippen LogP contribution < -0.4 is 4.90 Å². The molecule has 0 atom stereocenters. The van der Waals surface area contributed by atoms with Crippen molar-refractivity contribution in [3.8, 4) is 0 Å². The van der Waals surface area contributed by atoms with E-state index in [1.54, 1.807) is 25.4 Å². The normalized spacial score (nSPS) is 15.6. The van der Waals surface area contributed by atoms with Crippen LogP contribution >= 0.6 is 0 Å². The molecule has 0 aromatic carbocycles. The monoisotopic (exact) mass is 315 g/mol. The van der Waals surface area contributed by atoms with Gasteiger partial charge in [-0.3, -0.25) is 4.68 Å². The van der Waals surface area contributed by atoms with Crippen molar-refractivity contribution < 1.29 is 9.53 Å². The van der Waals surface area contributed by atoms with Gasteiger partial charge in [0.05, 0.1) is 18.4 Å². The van der Waals surface area contributed by atoms with Crippen LogP contribution in [0, 0.1) is 5.92 Å². The molecule has 0 bridgehead atoms. The Hall–Kier alpha value is -2.44. The van der Waals surface area contributed by atoms with Crippen LogP contribution in [0.4, 0.5) is 5.82 Å². The van der Waals surface area contributed by atoms with Gasteiger partial charge in [-0.1, -0.05) is 5.21 Å². The highest BCUT2D eigenvalue weighted by molar-refractivity contribution is 5.89. The molecule has 0 spiro atoms. The Balaban J connectivity index is 1.54. The number of carbonyl (C=O) groups is 1. The van der Waals surface area contributed by atoms with Crippen LogP contribution in [0.1, 0.15) is 30.1 Å². The van der Waals surface area contributed by atoms with Crippen LogP contribution in [0.15, 0.2) is 30.7 Å². The Labute approximate surface area is 135 Å². The van der Waals surface area contributed by atoms with Gasteiger partial charge in [0.15, 0.2) is 0 Å². The molecule has 0 saturated carbocycles. The van der Waals surface area contributed by atoms with Crippen LogP contribution in [0.2, 0.25) is 0 Å². The van der Waals surface area contributed by atoms with Crippen molar-refractivity contribution in [3.05, 3.63) is 36.3 Å². The quantitative estimate of drug-likeness (QED) is 0.783. The maximum absolute atomic E-state index is 11.6. The van der Waals surface area contributed by atoms with Gasteiger partial charge in [0.2, 0.25) is 0 Å². The summed E-state index contributed by atoms with van der Waals surface area (Å²) in [7, 11) is 0. The molecule has 2 aromatic heterocycles. The van der Waals surface area contributed by atoms with Gasteiger partial charge in [-0.25, -0.2) is 9.78 Å². The van der Waals surface area contributed by atoms with E-state index in [2.05, 4.69) is 20.2 Å². The fraction of sp³-hybridized carbons (Fsp3) is 0.500. The Morgan fingerprint density at radius 1 is 1.35 bits per heavy atom. The largest absolute Gasteiger partial charge is 0.462 e. The minimum absolute atomic E-state index is 0.321. The lowest BCUT2D eigenvalue weighted by atomic mass is 9.97. The third-order valence-corrected chi connectivity index (χ3v) is 4.11. The SMILES string of the molecule is CCOC(=O)c1ccc(N2CCC(Cn3ccnn3)CC2)nc1. The van der Waals surface area contributed by atoms with Crippen molar-refractivity contribution in [2.75, 3.05) is 24.6 Å². The van der Waals surface area contributed by atoms with Crippen LogP contribution in [-0.2, 0) is 11.3 Å². The highest BCUT2D eigenvalue weighted by atomic mass is 16.5. The topological polar surface area (TPSA) is 73.1 Å². The Morgan fingerprint density at radius 3 is 2.78 bits per heavy atom. The number of esters is 1. The van der Waals surface area contributed by atoms with Crippen LogP contribution in [-0.4, -0.2) is 45.6 Å². The number of aromatic nitrogens is 4. The predicted molar refractivity (Wildman–Crippen MR) is 85.2 cm³/mol. The van der Waals surface area contributed by atoms with E-state index in [1.165, 1.54) is 0 Å². The molecule has 7 nitrogen and oxygen atoms in total. The lowest BCUT2D eigenvalue weighted by Crippen LogP contribution is -2.35. The Morgan fingerprint density at radius 2 is 2.17 bits per heavy atom. The molecular weight excluding hydrogens is 294 g/mol. The molecule has 2 aromatic rings. The molecule has 0 amide bonds. The van der Waals surface area contributed by atoms with Crippen molar-refractivity contribution in [1.29, 1.82) is 0 Å². The van der Waals surface area contributed by atoms with Crippen LogP contribution in [0.3, 0.4) is 0 Å². The predicted octanol–water partition coefficient (Wildman–Crippen LogP) is 1.77. The molecular formula is C16H21N5O2. The van der Waals surface area contributed by atoms with Gasteiger partial charge in [-0.15, -0.1) is 5.10 Å². The van der Waals surface area contributed by atoms with E-state index in [-0.39, 0.29) is 5.97 Å². The maximum atomic E-state index is 11.6. The first-order chi connectivity index (χ1) is 11.3. The lowest BCUT2D eigenvalue weighted by molar-refractivity contribution is 0.0526. The second kappa shape index (κ2) is 7.21. The second-order valence-electron chi connectivity index (χ2n) is 5.68. The smallest absolute Gasteiger partial charge is 0.339 e. The van der Waals surface area contributed by atoms with Crippen molar-refractivity contribution in [1.82, 2.24) is 20.0 Å². The van der Waals surface area contributed by atoms with Crippen molar-refractivity contribution in [2.24, 2.45) is 5.92 Å². The minimum Gasteiger partial charge on any atom is -0.462 e. The number of rotatable bonds is 5. The fourth-order valence-corrected chi connectivity index (χ4v) is 2.85. The zero-order valence-corrected chi connectivity index (χ0v) is 13.3.